The first-order valence-electron chi connectivity index (χ1n) is 5.76. The van der Waals surface area contributed by atoms with Crippen LogP contribution in [0.5, 0.6) is 0 Å². The van der Waals surface area contributed by atoms with Crippen LogP contribution in [0.2, 0.25) is 5.02 Å². The van der Waals surface area contributed by atoms with E-state index in [9.17, 15) is 12.8 Å². The van der Waals surface area contributed by atoms with Gasteiger partial charge in [0.2, 0.25) is 10.0 Å². The summed E-state index contributed by atoms with van der Waals surface area (Å²) in [6.07, 6.45) is 1.50. The van der Waals surface area contributed by atoms with Gasteiger partial charge in [-0.05, 0) is 25.0 Å². The number of nitrogen functional groups attached to an aromatic ring is 1. The minimum Gasteiger partial charge on any atom is -0.396 e. The lowest BCUT2D eigenvalue weighted by Gasteiger charge is -2.12. The summed E-state index contributed by atoms with van der Waals surface area (Å²) in [4.78, 5) is -0.546. The van der Waals surface area contributed by atoms with Crippen LogP contribution in [0.3, 0.4) is 0 Å². The van der Waals surface area contributed by atoms with Crippen LogP contribution in [0.25, 0.3) is 0 Å². The van der Waals surface area contributed by atoms with E-state index in [1.165, 1.54) is 0 Å². The Hall–Kier alpha value is -0.890. The Morgan fingerprint density at radius 3 is 2.89 bits per heavy atom. The third-order valence-electron chi connectivity index (χ3n) is 2.85. The second-order valence-corrected chi connectivity index (χ2v) is 6.47. The zero-order valence-corrected chi connectivity index (χ0v) is 11.6. The van der Waals surface area contributed by atoms with Crippen LogP contribution < -0.4 is 10.5 Å². The first kappa shape index (κ1) is 14.5. The van der Waals surface area contributed by atoms with Crippen LogP contribution in [-0.4, -0.2) is 27.7 Å². The van der Waals surface area contributed by atoms with E-state index < -0.39 is 20.7 Å². The van der Waals surface area contributed by atoms with Gasteiger partial charge >= 0.3 is 0 Å². The van der Waals surface area contributed by atoms with E-state index in [-0.39, 0.29) is 23.4 Å². The van der Waals surface area contributed by atoms with Gasteiger partial charge in [-0.1, -0.05) is 11.6 Å². The molecule has 3 N–H and O–H groups in total. The molecule has 1 atom stereocenters. The SMILES string of the molecule is Nc1cc(Cl)cc(S(=O)(=O)NCC2CCCO2)c1F. The normalized spacial score (nSPS) is 19.8. The molecular formula is C11H14ClFN2O3S. The van der Waals surface area contributed by atoms with Crippen molar-refractivity contribution in [3.8, 4) is 0 Å². The molecule has 1 saturated heterocycles. The Kier molecular flexibility index (Phi) is 4.29. The maximum Gasteiger partial charge on any atom is 0.243 e. The Balaban J connectivity index is 2.19. The number of hydrogen-bond donors (Lipinski definition) is 2. The maximum atomic E-state index is 13.7. The monoisotopic (exact) mass is 308 g/mol. The van der Waals surface area contributed by atoms with Crippen molar-refractivity contribution >= 4 is 27.3 Å². The van der Waals surface area contributed by atoms with Crippen molar-refractivity contribution in [2.45, 2.75) is 23.8 Å². The molecule has 0 bridgehead atoms. The molecule has 5 nitrogen and oxygen atoms in total. The van der Waals surface area contributed by atoms with Crippen molar-refractivity contribution < 1.29 is 17.5 Å². The van der Waals surface area contributed by atoms with Crippen LogP contribution in [0.15, 0.2) is 17.0 Å². The topological polar surface area (TPSA) is 81.4 Å². The number of anilines is 1. The van der Waals surface area contributed by atoms with E-state index in [1.54, 1.807) is 0 Å². The second-order valence-electron chi connectivity index (χ2n) is 4.29. The molecule has 0 amide bonds. The van der Waals surface area contributed by atoms with Crippen LogP contribution in [0.1, 0.15) is 12.8 Å². The minimum absolute atomic E-state index is 0.0661. The van der Waals surface area contributed by atoms with Crippen molar-refractivity contribution in [2.75, 3.05) is 18.9 Å². The summed E-state index contributed by atoms with van der Waals surface area (Å²) in [7, 11) is -3.99. The van der Waals surface area contributed by atoms with Crippen molar-refractivity contribution in [1.29, 1.82) is 0 Å². The molecule has 106 valence electrons. The number of benzene rings is 1. The largest absolute Gasteiger partial charge is 0.396 e. The first-order valence-corrected chi connectivity index (χ1v) is 7.62. The molecule has 0 aliphatic carbocycles. The van der Waals surface area contributed by atoms with Gasteiger partial charge in [-0.2, -0.15) is 0 Å². The molecule has 0 aromatic heterocycles. The molecule has 0 radical (unpaired) electrons. The minimum atomic E-state index is -3.99. The first-order chi connectivity index (χ1) is 8.90. The lowest BCUT2D eigenvalue weighted by molar-refractivity contribution is 0.114. The number of sulfonamides is 1. The Morgan fingerprint density at radius 2 is 2.26 bits per heavy atom. The average molecular weight is 309 g/mol. The number of nitrogens with two attached hydrogens (primary N) is 1. The fourth-order valence-corrected chi connectivity index (χ4v) is 3.35. The Morgan fingerprint density at radius 1 is 1.53 bits per heavy atom. The lowest BCUT2D eigenvalue weighted by Crippen LogP contribution is -2.32. The van der Waals surface area contributed by atoms with E-state index in [2.05, 4.69) is 4.72 Å². The molecule has 1 aliphatic heterocycles. The molecule has 1 unspecified atom stereocenters. The predicted molar refractivity (Wildman–Crippen MR) is 70.0 cm³/mol. The molecular weight excluding hydrogens is 295 g/mol. The van der Waals surface area contributed by atoms with Crippen molar-refractivity contribution in [3.05, 3.63) is 23.0 Å². The van der Waals surface area contributed by atoms with Crippen LogP contribution >= 0.6 is 11.6 Å². The molecule has 1 aromatic rings. The Bertz CT molecular complexity index is 574. The second kappa shape index (κ2) is 5.62. The molecule has 2 rings (SSSR count). The van der Waals surface area contributed by atoms with Crippen LogP contribution in [0, 0.1) is 5.82 Å². The molecule has 0 saturated carbocycles. The number of hydrogen-bond acceptors (Lipinski definition) is 4. The third kappa shape index (κ3) is 3.36. The summed E-state index contributed by atoms with van der Waals surface area (Å²) in [5.41, 5.74) is 5.06. The van der Waals surface area contributed by atoms with Crippen molar-refractivity contribution in [2.24, 2.45) is 0 Å². The highest BCUT2D eigenvalue weighted by molar-refractivity contribution is 7.89. The summed E-state index contributed by atoms with van der Waals surface area (Å²) in [5.74, 6) is -0.996. The molecule has 1 aliphatic rings. The standard InChI is InChI=1S/C11H14ClFN2O3S/c12-7-4-9(14)11(13)10(5-7)19(16,17)15-6-8-2-1-3-18-8/h4-5,8,15H,1-3,6,14H2. The maximum absolute atomic E-state index is 13.7. The molecule has 0 spiro atoms. The van der Waals surface area contributed by atoms with E-state index in [0.29, 0.717) is 6.61 Å². The van der Waals surface area contributed by atoms with Gasteiger partial charge in [-0.15, -0.1) is 0 Å². The lowest BCUT2D eigenvalue weighted by atomic mass is 10.2. The summed E-state index contributed by atoms with van der Waals surface area (Å²) < 4.78 is 45.3. The van der Waals surface area contributed by atoms with Gasteiger partial charge < -0.3 is 10.5 Å². The van der Waals surface area contributed by atoms with Gasteiger partial charge in [0.15, 0.2) is 5.82 Å². The number of nitrogens with one attached hydrogen (secondary N) is 1. The highest BCUT2D eigenvalue weighted by Crippen LogP contribution is 2.25. The quantitative estimate of drug-likeness (QED) is 0.826. The highest BCUT2D eigenvalue weighted by atomic mass is 35.5. The number of rotatable bonds is 4. The van der Waals surface area contributed by atoms with E-state index in [4.69, 9.17) is 22.1 Å². The summed E-state index contributed by atoms with van der Waals surface area (Å²) in [6.45, 7) is 0.721. The van der Waals surface area contributed by atoms with E-state index in [1.807, 2.05) is 0 Å². The molecule has 1 aromatic carbocycles. The van der Waals surface area contributed by atoms with Crippen molar-refractivity contribution in [1.82, 2.24) is 4.72 Å². The van der Waals surface area contributed by atoms with Gasteiger partial charge in [-0.3, -0.25) is 0 Å². The fraction of sp³-hybridized carbons (Fsp3) is 0.455. The van der Waals surface area contributed by atoms with Crippen LogP contribution in [-0.2, 0) is 14.8 Å². The summed E-state index contributed by atoms with van der Waals surface area (Å²) >= 11 is 5.69. The van der Waals surface area contributed by atoms with Gasteiger partial charge in [0.1, 0.15) is 4.90 Å². The molecule has 1 heterocycles. The van der Waals surface area contributed by atoms with Crippen LogP contribution in [0.4, 0.5) is 10.1 Å². The molecule has 1 fully saturated rings. The highest BCUT2D eigenvalue weighted by Gasteiger charge is 2.24. The number of halogens is 2. The van der Waals surface area contributed by atoms with Gasteiger partial charge in [-0.25, -0.2) is 17.5 Å². The fourth-order valence-electron chi connectivity index (χ4n) is 1.87. The van der Waals surface area contributed by atoms with E-state index in [0.717, 1.165) is 25.0 Å². The third-order valence-corrected chi connectivity index (χ3v) is 4.49. The average Bonchev–Trinajstić information content (AvgIpc) is 2.84. The Labute approximate surface area is 115 Å². The molecule has 8 heteroatoms. The van der Waals surface area contributed by atoms with Gasteiger partial charge in [0, 0.05) is 18.2 Å². The molecule has 19 heavy (non-hydrogen) atoms. The summed E-state index contributed by atoms with van der Waals surface area (Å²) in [5, 5.41) is 0.0661. The number of ether oxygens (including phenoxy) is 1. The van der Waals surface area contributed by atoms with Gasteiger partial charge in [0.05, 0.1) is 11.8 Å². The predicted octanol–water partition coefficient (Wildman–Crippen LogP) is 1.52. The zero-order valence-electron chi connectivity index (χ0n) is 10.0. The van der Waals surface area contributed by atoms with Gasteiger partial charge in [0.25, 0.3) is 0 Å². The van der Waals surface area contributed by atoms with E-state index >= 15 is 0 Å². The smallest absolute Gasteiger partial charge is 0.243 e. The summed E-state index contributed by atoms with van der Waals surface area (Å²) in [6, 6.07) is 2.20. The zero-order chi connectivity index (χ0) is 14.0. The van der Waals surface area contributed by atoms with Crippen molar-refractivity contribution in [3.63, 3.8) is 0 Å².